The lowest BCUT2D eigenvalue weighted by Gasteiger charge is -2.53. The molecule has 2 aliphatic heterocycles. The van der Waals surface area contributed by atoms with Gasteiger partial charge in [0, 0.05) is 12.1 Å². The average molecular weight is 326 g/mol. The molecule has 2 fully saturated rings. The average Bonchev–Trinajstić information content (AvgIpc) is 2.75. The fourth-order valence-corrected chi connectivity index (χ4v) is 2.97. The fourth-order valence-electron chi connectivity index (χ4n) is 2.97. The number of hydrogen-bond donors (Lipinski definition) is 2. The first-order valence-corrected chi connectivity index (χ1v) is 7.71. The van der Waals surface area contributed by atoms with E-state index in [0.717, 1.165) is 0 Å². The maximum atomic E-state index is 12.5. The molecular weight excluding hydrogens is 300 g/mol. The Kier molecular flexibility index (Phi) is 4.34. The van der Waals surface area contributed by atoms with E-state index in [9.17, 15) is 14.7 Å². The Morgan fingerprint density at radius 2 is 2.13 bits per heavy atom. The lowest BCUT2D eigenvalue weighted by atomic mass is 9.77. The van der Waals surface area contributed by atoms with Crippen molar-refractivity contribution in [2.24, 2.45) is 0 Å². The van der Waals surface area contributed by atoms with Gasteiger partial charge in [-0.1, -0.05) is 6.08 Å². The van der Waals surface area contributed by atoms with Gasteiger partial charge < -0.3 is 24.8 Å². The van der Waals surface area contributed by atoms with Gasteiger partial charge in [-0.05, 0) is 34.6 Å². The van der Waals surface area contributed by atoms with E-state index in [2.05, 4.69) is 11.9 Å². The highest BCUT2D eigenvalue weighted by Gasteiger charge is 2.68. The maximum absolute atomic E-state index is 12.5. The highest BCUT2D eigenvalue weighted by molar-refractivity contribution is 6.14. The van der Waals surface area contributed by atoms with Crippen molar-refractivity contribution in [2.75, 3.05) is 13.2 Å². The Hall–Kier alpha value is -1.44. The maximum Gasteiger partial charge on any atom is 0.267 e. The molecule has 0 aliphatic carbocycles. The van der Waals surface area contributed by atoms with Gasteiger partial charge in [0.25, 0.3) is 11.8 Å². The molecule has 0 aromatic rings. The number of rotatable bonds is 4. The highest BCUT2D eigenvalue weighted by atomic mass is 16.7. The van der Waals surface area contributed by atoms with Crippen LogP contribution in [0.2, 0.25) is 0 Å². The smallest absolute Gasteiger partial charge is 0.267 e. The normalized spacial score (nSPS) is 33.3. The number of amides is 2. The largest absolute Gasteiger partial charge is 0.370 e. The molecule has 3 atom stereocenters. The Morgan fingerprint density at radius 3 is 2.57 bits per heavy atom. The molecule has 0 aromatic heterocycles. The van der Waals surface area contributed by atoms with Gasteiger partial charge in [-0.15, -0.1) is 6.58 Å². The van der Waals surface area contributed by atoms with E-state index in [1.807, 2.05) is 0 Å². The van der Waals surface area contributed by atoms with Gasteiger partial charge in [0.05, 0.1) is 6.61 Å². The molecule has 0 bridgehead atoms. The molecule has 2 N–H and O–H groups in total. The summed E-state index contributed by atoms with van der Waals surface area (Å²) < 4.78 is 11.3. The van der Waals surface area contributed by atoms with E-state index >= 15 is 0 Å². The summed E-state index contributed by atoms with van der Waals surface area (Å²) in [5.74, 6) is -2.17. The Labute approximate surface area is 136 Å². The predicted molar refractivity (Wildman–Crippen MR) is 83.4 cm³/mol. The Morgan fingerprint density at radius 1 is 1.52 bits per heavy atom. The van der Waals surface area contributed by atoms with Crippen molar-refractivity contribution in [3.8, 4) is 0 Å². The molecule has 2 amide bonds. The number of nitrogens with zero attached hydrogens (tertiary/aromatic N) is 1. The standard InChI is InChI=1S/C16H26N2O5/c1-7-8-18-11(10-9-22-15(5,6)23-10)16(21,13(18)20)12(19)17-14(2,3)4/h7,10-11,21H,1,8-9H2,2-6H3,(H,17,19)/t10-,11+,16+/m1/s1. The van der Waals surface area contributed by atoms with Crippen LogP contribution in [-0.2, 0) is 19.1 Å². The molecular formula is C16H26N2O5. The van der Waals surface area contributed by atoms with Gasteiger partial charge in [-0.25, -0.2) is 0 Å². The first-order chi connectivity index (χ1) is 10.4. The number of nitrogens with one attached hydrogen (secondary N) is 1. The molecule has 7 nitrogen and oxygen atoms in total. The molecule has 0 unspecified atom stereocenters. The van der Waals surface area contributed by atoms with Crippen molar-refractivity contribution in [1.29, 1.82) is 0 Å². The second-order valence-electron chi connectivity index (χ2n) is 7.53. The zero-order valence-corrected chi connectivity index (χ0v) is 14.4. The number of carbonyl (C=O) groups excluding carboxylic acids is 2. The van der Waals surface area contributed by atoms with E-state index in [0.29, 0.717) is 0 Å². The Balaban J connectivity index is 2.27. The number of aliphatic hydroxyl groups is 1. The van der Waals surface area contributed by atoms with Gasteiger partial charge >= 0.3 is 0 Å². The summed E-state index contributed by atoms with van der Waals surface area (Å²) in [6.07, 6.45) is 0.964. The van der Waals surface area contributed by atoms with Gasteiger partial charge in [0.2, 0.25) is 5.60 Å². The molecule has 0 aromatic carbocycles. The summed E-state index contributed by atoms with van der Waals surface area (Å²) in [5.41, 5.74) is -2.71. The van der Waals surface area contributed by atoms with Crippen molar-refractivity contribution in [1.82, 2.24) is 10.2 Å². The summed E-state index contributed by atoms with van der Waals surface area (Å²) in [4.78, 5) is 26.3. The topological polar surface area (TPSA) is 88.1 Å². The molecule has 0 saturated carbocycles. The summed E-state index contributed by atoms with van der Waals surface area (Å²) in [5, 5.41) is 13.5. The first-order valence-electron chi connectivity index (χ1n) is 7.71. The third kappa shape index (κ3) is 3.13. The van der Waals surface area contributed by atoms with E-state index in [-0.39, 0.29) is 13.2 Å². The van der Waals surface area contributed by atoms with Crippen LogP contribution in [0.5, 0.6) is 0 Å². The summed E-state index contributed by atoms with van der Waals surface area (Å²) in [6.45, 7) is 12.9. The van der Waals surface area contributed by atoms with Crippen LogP contribution in [0.4, 0.5) is 0 Å². The van der Waals surface area contributed by atoms with Crippen LogP contribution in [0.15, 0.2) is 12.7 Å². The van der Waals surface area contributed by atoms with E-state index in [1.165, 1.54) is 4.90 Å². The molecule has 0 radical (unpaired) electrons. The molecule has 2 saturated heterocycles. The molecule has 2 heterocycles. The van der Waals surface area contributed by atoms with Crippen molar-refractivity contribution in [3.63, 3.8) is 0 Å². The van der Waals surface area contributed by atoms with Crippen LogP contribution in [0.3, 0.4) is 0 Å². The van der Waals surface area contributed by atoms with Gasteiger partial charge in [-0.3, -0.25) is 9.59 Å². The molecule has 130 valence electrons. The van der Waals surface area contributed by atoms with Crippen LogP contribution in [-0.4, -0.2) is 64.0 Å². The van der Waals surface area contributed by atoms with Gasteiger partial charge in [-0.2, -0.15) is 0 Å². The number of ether oxygens (including phenoxy) is 2. The first kappa shape index (κ1) is 17.9. The van der Waals surface area contributed by atoms with Crippen molar-refractivity contribution in [2.45, 2.75) is 63.7 Å². The number of likely N-dealkylation sites (tertiary alicyclic amines) is 1. The minimum atomic E-state index is -2.15. The number of carbonyl (C=O) groups is 2. The van der Waals surface area contributed by atoms with Crippen molar-refractivity contribution >= 4 is 11.8 Å². The number of β-lactam (4-membered cyclic amide) rings is 1. The quantitative estimate of drug-likeness (QED) is 0.437. The van der Waals surface area contributed by atoms with Crippen molar-refractivity contribution < 1.29 is 24.2 Å². The molecule has 23 heavy (non-hydrogen) atoms. The summed E-state index contributed by atoms with van der Waals surface area (Å²) in [7, 11) is 0. The van der Waals surface area contributed by atoms with Crippen LogP contribution in [0, 0.1) is 0 Å². The third-order valence-electron chi connectivity index (χ3n) is 3.89. The van der Waals surface area contributed by atoms with Crippen LogP contribution < -0.4 is 5.32 Å². The number of hydrogen-bond acceptors (Lipinski definition) is 5. The monoisotopic (exact) mass is 326 g/mol. The second kappa shape index (κ2) is 5.58. The van der Waals surface area contributed by atoms with E-state index < -0.39 is 40.9 Å². The van der Waals surface area contributed by atoms with Crippen LogP contribution in [0.1, 0.15) is 34.6 Å². The Bertz CT molecular complexity index is 525. The van der Waals surface area contributed by atoms with Crippen LogP contribution in [0.25, 0.3) is 0 Å². The van der Waals surface area contributed by atoms with Crippen LogP contribution >= 0.6 is 0 Å². The van der Waals surface area contributed by atoms with Gasteiger partial charge in [0.1, 0.15) is 12.1 Å². The summed E-state index contributed by atoms with van der Waals surface area (Å²) in [6, 6.07) is -0.808. The molecule has 0 spiro atoms. The van der Waals surface area contributed by atoms with E-state index in [4.69, 9.17) is 9.47 Å². The zero-order chi connectivity index (χ0) is 17.6. The van der Waals surface area contributed by atoms with E-state index in [1.54, 1.807) is 40.7 Å². The lowest BCUT2D eigenvalue weighted by molar-refractivity contribution is -0.214. The SMILES string of the molecule is C=CCN1C(=O)[C@@](O)(C(=O)NC(C)(C)C)[C@@H]1[C@H]1COC(C)(C)O1. The lowest BCUT2D eigenvalue weighted by Crippen LogP contribution is -2.82. The zero-order valence-electron chi connectivity index (χ0n) is 14.4. The fraction of sp³-hybridized carbons (Fsp3) is 0.750. The highest BCUT2D eigenvalue weighted by Crippen LogP contribution is 2.39. The minimum Gasteiger partial charge on any atom is -0.370 e. The molecule has 7 heteroatoms. The van der Waals surface area contributed by atoms with Crippen molar-refractivity contribution in [3.05, 3.63) is 12.7 Å². The van der Waals surface area contributed by atoms with Gasteiger partial charge in [0.15, 0.2) is 5.79 Å². The predicted octanol–water partition coefficient (Wildman–Crippen LogP) is 0.181. The third-order valence-corrected chi connectivity index (χ3v) is 3.89. The summed E-state index contributed by atoms with van der Waals surface area (Å²) >= 11 is 0. The molecule has 2 rings (SSSR count). The second-order valence-corrected chi connectivity index (χ2v) is 7.53. The molecule has 2 aliphatic rings. The minimum absolute atomic E-state index is 0.198.